The first kappa shape index (κ1) is 10.8. The van der Waals surface area contributed by atoms with Crippen LogP contribution < -0.4 is 5.32 Å². The predicted octanol–water partition coefficient (Wildman–Crippen LogP) is 2.19. The van der Waals surface area contributed by atoms with Crippen molar-refractivity contribution in [2.45, 2.75) is 13.3 Å². The third-order valence-corrected chi connectivity index (χ3v) is 1.86. The summed E-state index contributed by atoms with van der Waals surface area (Å²) in [5.41, 5.74) is 0.332. The Morgan fingerprint density at radius 2 is 2.18 bits per heavy atom. The summed E-state index contributed by atoms with van der Waals surface area (Å²) in [5, 5.41) is 3.05. The highest BCUT2D eigenvalue weighted by atomic mass is 35.5. The van der Waals surface area contributed by atoms with Crippen LogP contribution in [0.3, 0.4) is 0 Å². The van der Waals surface area contributed by atoms with E-state index < -0.39 is 6.08 Å². The molecule has 0 aliphatic carbocycles. The second-order valence-electron chi connectivity index (χ2n) is 2.64. The molecule has 0 amide bonds. The highest BCUT2D eigenvalue weighted by Gasteiger charge is 2.17. The van der Waals surface area contributed by atoms with Crippen LogP contribution in [0.25, 0.3) is 0 Å². The Balaban J connectivity index is 0.000001000. The van der Waals surface area contributed by atoms with Crippen molar-refractivity contribution in [3.05, 3.63) is 11.7 Å². The molecular formula is C7H12ClF2N. The van der Waals surface area contributed by atoms with E-state index in [2.05, 4.69) is 5.32 Å². The van der Waals surface area contributed by atoms with E-state index in [-0.39, 0.29) is 18.3 Å². The van der Waals surface area contributed by atoms with Gasteiger partial charge in [-0.2, -0.15) is 8.78 Å². The fourth-order valence-electron chi connectivity index (χ4n) is 1.19. The molecule has 1 nitrogen and oxygen atoms in total. The third kappa shape index (κ3) is 2.75. The quantitative estimate of drug-likeness (QED) is 0.607. The summed E-state index contributed by atoms with van der Waals surface area (Å²) in [7, 11) is 0. The molecule has 1 heterocycles. The van der Waals surface area contributed by atoms with Crippen molar-refractivity contribution in [1.82, 2.24) is 5.32 Å². The lowest BCUT2D eigenvalue weighted by molar-refractivity contribution is 0.374. The largest absolute Gasteiger partial charge is 0.316 e. The number of piperidine rings is 1. The van der Waals surface area contributed by atoms with Crippen molar-refractivity contribution in [3.8, 4) is 0 Å². The zero-order chi connectivity index (χ0) is 7.56. The maximum absolute atomic E-state index is 12.0. The fourth-order valence-corrected chi connectivity index (χ4v) is 1.19. The minimum atomic E-state index is -1.48. The average molecular weight is 184 g/mol. The van der Waals surface area contributed by atoms with Crippen molar-refractivity contribution in [3.63, 3.8) is 0 Å². The molecule has 0 saturated carbocycles. The molecule has 1 rings (SSSR count). The van der Waals surface area contributed by atoms with Gasteiger partial charge in [-0.15, -0.1) is 12.4 Å². The Bertz CT molecular complexity index is 155. The number of rotatable bonds is 0. The minimum Gasteiger partial charge on any atom is -0.316 e. The van der Waals surface area contributed by atoms with Crippen LogP contribution in [0.4, 0.5) is 8.78 Å². The second-order valence-corrected chi connectivity index (χ2v) is 2.64. The Morgan fingerprint density at radius 3 is 2.55 bits per heavy atom. The van der Waals surface area contributed by atoms with Gasteiger partial charge in [-0.3, -0.25) is 0 Å². The first-order chi connectivity index (χ1) is 4.72. The van der Waals surface area contributed by atoms with Crippen LogP contribution in [-0.2, 0) is 0 Å². The lowest BCUT2D eigenvalue weighted by atomic mass is 9.96. The molecule has 1 N–H and O–H groups in total. The van der Waals surface area contributed by atoms with Crippen LogP contribution in [0.1, 0.15) is 13.3 Å². The van der Waals surface area contributed by atoms with Gasteiger partial charge in [0.25, 0.3) is 6.08 Å². The van der Waals surface area contributed by atoms with Gasteiger partial charge in [-0.05, 0) is 18.9 Å². The first-order valence-electron chi connectivity index (χ1n) is 3.46. The third-order valence-electron chi connectivity index (χ3n) is 1.86. The van der Waals surface area contributed by atoms with Crippen molar-refractivity contribution in [2.75, 3.05) is 13.1 Å². The van der Waals surface area contributed by atoms with Gasteiger partial charge in [0, 0.05) is 12.1 Å². The van der Waals surface area contributed by atoms with Crippen molar-refractivity contribution in [2.24, 2.45) is 5.92 Å². The Labute approximate surface area is 71.3 Å². The van der Waals surface area contributed by atoms with Gasteiger partial charge >= 0.3 is 0 Å². The molecule has 0 aromatic heterocycles. The van der Waals surface area contributed by atoms with Crippen LogP contribution in [0, 0.1) is 5.92 Å². The topological polar surface area (TPSA) is 12.0 Å². The molecule has 1 fully saturated rings. The number of hydrogen-bond donors (Lipinski definition) is 1. The molecule has 1 aliphatic heterocycles. The smallest absolute Gasteiger partial charge is 0.269 e. The number of hydrogen-bond acceptors (Lipinski definition) is 1. The summed E-state index contributed by atoms with van der Waals surface area (Å²) in [5.74, 6) is 0.0127. The SMILES string of the molecule is CC1CNCCC1=C(F)F.Cl. The fraction of sp³-hybridized carbons (Fsp3) is 0.714. The van der Waals surface area contributed by atoms with Crippen LogP contribution >= 0.6 is 12.4 Å². The summed E-state index contributed by atoms with van der Waals surface area (Å²) in [6.07, 6.45) is -0.974. The first-order valence-corrected chi connectivity index (χ1v) is 3.46. The lowest BCUT2D eigenvalue weighted by Gasteiger charge is -2.21. The van der Waals surface area contributed by atoms with Gasteiger partial charge in [0.1, 0.15) is 0 Å². The van der Waals surface area contributed by atoms with E-state index in [0.717, 1.165) is 0 Å². The van der Waals surface area contributed by atoms with E-state index in [1.54, 1.807) is 0 Å². The minimum absolute atomic E-state index is 0. The lowest BCUT2D eigenvalue weighted by Crippen LogP contribution is -2.30. The highest BCUT2D eigenvalue weighted by Crippen LogP contribution is 2.22. The molecule has 0 radical (unpaired) electrons. The summed E-state index contributed by atoms with van der Waals surface area (Å²) in [4.78, 5) is 0. The van der Waals surface area contributed by atoms with Gasteiger partial charge in [0.15, 0.2) is 0 Å². The number of halogens is 3. The number of nitrogens with one attached hydrogen (secondary N) is 1. The predicted molar refractivity (Wildman–Crippen MR) is 43.1 cm³/mol. The van der Waals surface area contributed by atoms with E-state index in [0.29, 0.717) is 25.1 Å². The Morgan fingerprint density at radius 1 is 1.55 bits per heavy atom. The summed E-state index contributed by atoms with van der Waals surface area (Å²) in [6.45, 7) is 3.20. The molecule has 0 spiro atoms. The summed E-state index contributed by atoms with van der Waals surface area (Å²) in [6, 6.07) is 0. The Hall–Kier alpha value is -0.150. The van der Waals surface area contributed by atoms with E-state index in [1.807, 2.05) is 6.92 Å². The van der Waals surface area contributed by atoms with Crippen LogP contribution in [0.15, 0.2) is 11.7 Å². The van der Waals surface area contributed by atoms with E-state index in [1.165, 1.54) is 0 Å². The average Bonchev–Trinajstić information content (AvgIpc) is 1.88. The molecular weight excluding hydrogens is 172 g/mol. The van der Waals surface area contributed by atoms with Crippen molar-refractivity contribution in [1.29, 1.82) is 0 Å². The molecule has 0 aromatic rings. The van der Waals surface area contributed by atoms with Crippen LogP contribution in [0.5, 0.6) is 0 Å². The Kier molecular flexibility index (Phi) is 4.61. The van der Waals surface area contributed by atoms with E-state index in [9.17, 15) is 8.78 Å². The molecule has 1 unspecified atom stereocenters. The molecule has 1 atom stereocenters. The van der Waals surface area contributed by atoms with Crippen molar-refractivity contribution >= 4 is 12.4 Å². The van der Waals surface area contributed by atoms with Gasteiger partial charge in [-0.1, -0.05) is 6.92 Å². The summed E-state index contributed by atoms with van der Waals surface area (Å²) < 4.78 is 24.0. The normalized spacial score (nSPS) is 24.3. The zero-order valence-corrected chi connectivity index (χ0v) is 7.18. The van der Waals surface area contributed by atoms with E-state index >= 15 is 0 Å². The highest BCUT2D eigenvalue weighted by molar-refractivity contribution is 5.85. The molecule has 4 heteroatoms. The standard InChI is InChI=1S/C7H11F2N.ClH/c1-5-4-10-3-2-6(5)7(8)9;/h5,10H,2-4H2,1H3;1H. The van der Waals surface area contributed by atoms with Gasteiger partial charge in [0.2, 0.25) is 0 Å². The molecule has 66 valence electrons. The molecule has 1 aliphatic rings. The van der Waals surface area contributed by atoms with Crippen molar-refractivity contribution < 1.29 is 8.78 Å². The summed E-state index contributed by atoms with van der Waals surface area (Å²) >= 11 is 0. The van der Waals surface area contributed by atoms with Crippen LogP contribution in [0.2, 0.25) is 0 Å². The van der Waals surface area contributed by atoms with Gasteiger partial charge in [-0.25, -0.2) is 0 Å². The van der Waals surface area contributed by atoms with E-state index in [4.69, 9.17) is 0 Å². The monoisotopic (exact) mass is 183 g/mol. The maximum Gasteiger partial charge on any atom is 0.269 e. The molecule has 1 saturated heterocycles. The van der Waals surface area contributed by atoms with Crippen LogP contribution in [-0.4, -0.2) is 13.1 Å². The zero-order valence-electron chi connectivity index (χ0n) is 6.36. The molecule has 11 heavy (non-hydrogen) atoms. The maximum atomic E-state index is 12.0. The van der Waals surface area contributed by atoms with Gasteiger partial charge < -0.3 is 5.32 Å². The molecule has 0 bridgehead atoms. The second kappa shape index (κ2) is 4.67. The van der Waals surface area contributed by atoms with Gasteiger partial charge in [0.05, 0.1) is 0 Å². The molecule has 0 aromatic carbocycles.